The van der Waals surface area contributed by atoms with E-state index in [9.17, 15) is 4.79 Å². The van der Waals surface area contributed by atoms with Crippen LogP contribution < -0.4 is 5.32 Å². The predicted molar refractivity (Wildman–Crippen MR) is 74.3 cm³/mol. The molecule has 0 aliphatic carbocycles. The molecule has 0 radical (unpaired) electrons. The number of pyridine rings is 1. The van der Waals surface area contributed by atoms with Crippen LogP contribution in [-0.2, 0) is 0 Å². The van der Waals surface area contributed by atoms with Crippen molar-refractivity contribution in [1.29, 1.82) is 5.26 Å². The summed E-state index contributed by atoms with van der Waals surface area (Å²) in [5.41, 5.74) is 2.42. The van der Waals surface area contributed by atoms with Crippen molar-refractivity contribution in [3.05, 3.63) is 66.1 Å². The topological polar surface area (TPSA) is 70.2 Å². The SMILES string of the molecule is N#Cc1ccc(NC(=O)c2cccc3nccn23)cc1. The molecule has 5 heteroatoms. The Bertz CT molecular complexity index is 812. The molecule has 1 aromatic carbocycles. The van der Waals surface area contributed by atoms with Crippen molar-refractivity contribution in [1.82, 2.24) is 9.38 Å². The molecule has 3 aromatic rings. The van der Waals surface area contributed by atoms with Crippen LogP contribution in [-0.4, -0.2) is 15.3 Å². The van der Waals surface area contributed by atoms with Gasteiger partial charge in [-0.2, -0.15) is 5.26 Å². The lowest BCUT2D eigenvalue weighted by Crippen LogP contribution is -2.15. The molecule has 0 fully saturated rings. The van der Waals surface area contributed by atoms with E-state index in [2.05, 4.69) is 10.3 Å². The van der Waals surface area contributed by atoms with Gasteiger partial charge in [-0.1, -0.05) is 6.07 Å². The van der Waals surface area contributed by atoms with Gasteiger partial charge in [-0.3, -0.25) is 9.20 Å². The summed E-state index contributed by atoms with van der Waals surface area (Å²) in [6.07, 6.45) is 3.39. The first kappa shape index (κ1) is 11.9. The molecular weight excluding hydrogens is 252 g/mol. The van der Waals surface area contributed by atoms with Crippen LogP contribution in [0.5, 0.6) is 0 Å². The molecule has 20 heavy (non-hydrogen) atoms. The number of aromatic nitrogens is 2. The molecule has 3 rings (SSSR count). The Morgan fingerprint density at radius 1 is 1.20 bits per heavy atom. The minimum absolute atomic E-state index is 0.224. The zero-order valence-corrected chi connectivity index (χ0v) is 10.4. The number of amides is 1. The Morgan fingerprint density at radius 3 is 2.75 bits per heavy atom. The number of nitrogens with zero attached hydrogens (tertiary/aromatic N) is 3. The molecule has 5 nitrogen and oxygen atoms in total. The zero-order valence-electron chi connectivity index (χ0n) is 10.4. The van der Waals surface area contributed by atoms with Crippen LogP contribution in [0.4, 0.5) is 5.69 Å². The van der Waals surface area contributed by atoms with Crippen molar-refractivity contribution in [2.24, 2.45) is 0 Å². The third-order valence-corrected chi connectivity index (χ3v) is 2.93. The summed E-state index contributed by atoms with van der Waals surface area (Å²) in [4.78, 5) is 16.4. The van der Waals surface area contributed by atoms with Crippen LogP contribution in [0.3, 0.4) is 0 Å². The molecule has 0 saturated carbocycles. The Hall–Kier alpha value is -3.13. The van der Waals surface area contributed by atoms with Gasteiger partial charge in [-0.05, 0) is 36.4 Å². The van der Waals surface area contributed by atoms with Crippen molar-refractivity contribution in [3.63, 3.8) is 0 Å². The van der Waals surface area contributed by atoms with Gasteiger partial charge in [0.05, 0.1) is 11.6 Å². The average Bonchev–Trinajstić information content (AvgIpc) is 2.96. The van der Waals surface area contributed by atoms with Gasteiger partial charge in [0.15, 0.2) is 0 Å². The fourth-order valence-corrected chi connectivity index (χ4v) is 1.96. The number of nitriles is 1. The van der Waals surface area contributed by atoms with Crippen molar-refractivity contribution in [3.8, 4) is 6.07 Å². The second kappa shape index (κ2) is 4.86. The first-order valence-electron chi connectivity index (χ1n) is 6.01. The molecule has 0 aliphatic heterocycles. The smallest absolute Gasteiger partial charge is 0.272 e. The van der Waals surface area contributed by atoms with Gasteiger partial charge in [0.2, 0.25) is 0 Å². The summed E-state index contributed by atoms with van der Waals surface area (Å²) in [5, 5.41) is 11.5. The monoisotopic (exact) mass is 262 g/mol. The minimum Gasteiger partial charge on any atom is -0.321 e. The molecule has 1 N–H and O–H groups in total. The molecule has 0 unspecified atom stereocenters. The third kappa shape index (κ3) is 2.10. The van der Waals surface area contributed by atoms with E-state index in [0.717, 1.165) is 5.65 Å². The van der Waals surface area contributed by atoms with Gasteiger partial charge in [0.25, 0.3) is 5.91 Å². The quantitative estimate of drug-likeness (QED) is 0.771. The second-order valence-electron chi connectivity index (χ2n) is 4.21. The summed E-state index contributed by atoms with van der Waals surface area (Å²) in [6, 6.07) is 14.1. The van der Waals surface area contributed by atoms with Crippen molar-refractivity contribution < 1.29 is 4.79 Å². The fourth-order valence-electron chi connectivity index (χ4n) is 1.96. The first-order valence-corrected chi connectivity index (χ1v) is 6.01. The van der Waals surface area contributed by atoms with E-state index in [1.54, 1.807) is 53.2 Å². The Kier molecular flexibility index (Phi) is 2.90. The number of hydrogen-bond donors (Lipinski definition) is 1. The molecule has 1 amide bonds. The molecule has 96 valence electrons. The largest absolute Gasteiger partial charge is 0.321 e. The number of nitrogens with one attached hydrogen (secondary N) is 1. The molecule has 0 atom stereocenters. The molecule has 2 aromatic heterocycles. The lowest BCUT2D eigenvalue weighted by atomic mass is 10.2. The first-order chi connectivity index (χ1) is 9.78. The van der Waals surface area contributed by atoms with E-state index in [1.807, 2.05) is 12.1 Å². The standard InChI is InChI=1S/C15H10N4O/c16-10-11-4-6-12(7-5-11)18-15(20)13-2-1-3-14-17-8-9-19(13)14/h1-9H,(H,18,20). The molecular formula is C15H10N4O. The maximum absolute atomic E-state index is 12.3. The maximum atomic E-state index is 12.3. The molecule has 0 aliphatic rings. The Morgan fingerprint density at radius 2 is 2.00 bits per heavy atom. The van der Waals surface area contributed by atoms with Gasteiger partial charge in [0.1, 0.15) is 11.3 Å². The second-order valence-corrected chi connectivity index (χ2v) is 4.21. The van der Waals surface area contributed by atoms with Crippen molar-refractivity contribution in [2.75, 3.05) is 5.32 Å². The van der Waals surface area contributed by atoms with Gasteiger partial charge in [-0.25, -0.2) is 4.98 Å². The summed E-state index contributed by atoms with van der Waals surface area (Å²) >= 11 is 0. The van der Waals surface area contributed by atoms with E-state index in [1.165, 1.54) is 0 Å². The highest BCUT2D eigenvalue weighted by Crippen LogP contribution is 2.12. The van der Waals surface area contributed by atoms with E-state index in [-0.39, 0.29) is 5.91 Å². The van der Waals surface area contributed by atoms with Crippen LogP contribution >= 0.6 is 0 Å². The zero-order chi connectivity index (χ0) is 13.9. The van der Waals surface area contributed by atoms with Crippen molar-refractivity contribution >= 4 is 17.2 Å². The number of carbonyl (C=O) groups excluding carboxylic acids is 1. The predicted octanol–water partition coefficient (Wildman–Crippen LogP) is 2.46. The highest BCUT2D eigenvalue weighted by Gasteiger charge is 2.10. The molecule has 0 saturated heterocycles. The maximum Gasteiger partial charge on any atom is 0.272 e. The lowest BCUT2D eigenvalue weighted by molar-refractivity contribution is 0.102. The van der Waals surface area contributed by atoms with Crippen LogP contribution in [0.15, 0.2) is 54.9 Å². The van der Waals surface area contributed by atoms with Crippen LogP contribution in [0.2, 0.25) is 0 Å². The van der Waals surface area contributed by atoms with Gasteiger partial charge < -0.3 is 5.32 Å². The van der Waals surface area contributed by atoms with E-state index < -0.39 is 0 Å². The summed E-state index contributed by atoms with van der Waals surface area (Å²) < 4.78 is 1.72. The van der Waals surface area contributed by atoms with Gasteiger partial charge in [-0.15, -0.1) is 0 Å². The Labute approximate surface area is 115 Å². The molecule has 0 bridgehead atoms. The fraction of sp³-hybridized carbons (Fsp3) is 0. The number of imidazole rings is 1. The highest BCUT2D eigenvalue weighted by atomic mass is 16.1. The number of hydrogen-bond acceptors (Lipinski definition) is 3. The third-order valence-electron chi connectivity index (χ3n) is 2.93. The van der Waals surface area contributed by atoms with E-state index in [4.69, 9.17) is 5.26 Å². The number of anilines is 1. The summed E-state index contributed by atoms with van der Waals surface area (Å²) in [6.45, 7) is 0. The van der Waals surface area contributed by atoms with E-state index >= 15 is 0 Å². The normalized spacial score (nSPS) is 10.2. The minimum atomic E-state index is -0.224. The summed E-state index contributed by atoms with van der Waals surface area (Å²) in [7, 11) is 0. The number of fused-ring (bicyclic) bond motifs is 1. The summed E-state index contributed by atoms with van der Waals surface area (Å²) in [5.74, 6) is -0.224. The van der Waals surface area contributed by atoms with Crippen LogP contribution in [0.1, 0.15) is 16.1 Å². The number of carbonyl (C=O) groups is 1. The van der Waals surface area contributed by atoms with Gasteiger partial charge in [0, 0.05) is 18.1 Å². The van der Waals surface area contributed by atoms with Crippen LogP contribution in [0, 0.1) is 11.3 Å². The highest BCUT2D eigenvalue weighted by molar-refractivity contribution is 6.03. The number of benzene rings is 1. The molecule has 2 heterocycles. The lowest BCUT2D eigenvalue weighted by Gasteiger charge is -2.07. The van der Waals surface area contributed by atoms with Gasteiger partial charge >= 0.3 is 0 Å². The van der Waals surface area contributed by atoms with Crippen molar-refractivity contribution in [2.45, 2.75) is 0 Å². The average molecular weight is 262 g/mol. The molecule has 0 spiro atoms. The van der Waals surface area contributed by atoms with E-state index in [0.29, 0.717) is 16.9 Å². The van der Waals surface area contributed by atoms with Crippen LogP contribution in [0.25, 0.3) is 5.65 Å². The Balaban J connectivity index is 1.89. The number of rotatable bonds is 2.